The third-order valence-electron chi connectivity index (χ3n) is 4.25. The first-order valence-corrected chi connectivity index (χ1v) is 7.63. The van der Waals surface area contributed by atoms with Crippen molar-refractivity contribution in [2.24, 2.45) is 11.8 Å². The molecule has 0 aromatic rings. The number of nitrogens with one attached hydrogen (secondary N) is 1. The molecule has 1 amide bonds. The minimum atomic E-state index is -0.444. The second kappa shape index (κ2) is 6.31. The lowest BCUT2D eigenvalue weighted by Crippen LogP contribution is -2.50. The fourth-order valence-corrected chi connectivity index (χ4v) is 3.19. The third kappa shape index (κ3) is 3.85. The lowest BCUT2D eigenvalue weighted by atomic mass is 9.82. The molecule has 0 bridgehead atoms. The van der Waals surface area contributed by atoms with Gasteiger partial charge in [-0.25, -0.2) is 4.79 Å². The summed E-state index contributed by atoms with van der Waals surface area (Å²) in [7, 11) is 1.86. The van der Waals surface area contributed by atoms with Crippen LogP contribution >= 0.6 is 0 Å². The van der Waals surface area contributed by atoms with Gasteiger partial charge in [-0.2, -0.15) is 0 Å². The lowest BCUT2D eigenvalue weighted by Gasteiger charge is -2.40. The molecule has 2 saturated heterocycles. The van der Waals surface area contributed by atoms with E-state index in [0.29, 0.717) is 11.8 Å². The van der Waals surface area contributed by atoms with Crippen molar-refractivity contribution in [1.82, 2.24) is 10.2 Å². The molecule has 2 heterocycles. The summed E-state index contributed by atoms with van der Waals surface area (Å²) < 4.78 is 11.1. The van der Waals surface area contributed by atoms with Crippen LogP contribution in [0.3, 0.4) is 0 Å². The zero-order valence-corrected chi connectivity index (χ0v) is 13.1. The maximum atomic E-state index is 12.3. The minimum Gasteiger partial charge on any atom is -0.444 e. The number of hydrogen-bond acceptors (Lipinski definition) is 4. The SMILES string of the molecule is CN(C(=O)OC(C)(C)C)C1CCOC[C@@H]1C1CCNC1. The highest BCUT2D eigenvalue weighted by Gasteiger charge is 2.38. The van der Waals surface area contributed by atoms with Crippen LogP contribution in [-0.4, -0.2) is 56.0 Å². The van der Waals surface area contributed by atoms with E-state index < -0.39 is 5.60 Å². The van der Waals surface area contributed by atoms with E-state index in [2.05, 4.69) is 5.32 Å². The monoisotopic (exact) mass is 284 g/mol. The van der Waals surface area contributed by atoms with Gasteiger partial charge >= 0.3 is 6.09 Å². The Morgan fingerprint density at radius 1 is 1.35 bits per heavy atom. The molecule has 0 saturated carbocycles. The van der Waals surface area contributed by atoms with Gasteiger partial charge < -0.3 is 19.7 Å². The summed E-state index contributed by atoms with van der Waals surface area (Å²) >= 11 is 0. The average molecular weight is 284 g/mol. The van der Waals surface area contributed by atoms with E-state index in [1.165, 1.54) is 6.42 Å². The first-order chi connectivity index (χ1) is 9.38. The Hall–Kier alpha value is -0.810. The van der Waals surface area contributed by atoms with Crippen molar-refractivity contribution in [2.45, 2.75) is 45.3 Å². The molecule has 1 N–H and O–H groups in total. The summed E-state index contributed by atoms with van der Waals surface area (Å²) in [5, 5.41) is 3.41. The molecule has 2 rings (SSSR count). The minimum absolute atomic E-state index is 0.222. The van der Waals surface area contributed by atoms with Gasteiger partial charge in [-0.05, 0) is 52.6 Å². The normalized spacial score (nSPS) is 31.1. The van der Waals surface area contributed by atoms with Crippen molar-refractivity contribution in [3.63, 3.8) is 0 Å². The number of carbonyl (C=O) groups is 1. The molecule has 5 heteroatoms. The van der Waals surface area contributed by atoms with Gasteiger partial charge in [-0.3, -0.25) is 0 Å². The zero-order valence-electron chi connectivity index (χ0n) is 13.1. The highest BCUT2D eigenvalue weighted by atomic mass is 16.6. The van der Waals surface area contributed by atoms with Gasteiger partial charge in [0.1, 0.15) is 5.60 Å². The van der Waals surface area contributed by atoms with Gasteiger partial charge in [0.2, 0.25) is 0 Å². The van der Waals surface area contributed by atoms with Crippen LogP contribution in [0, 0.1) is 11.8 Å². The molecule has 0 aromatic carbocycles. The van der Waals surface area contributed by atoms with Gasteiger partial charge in [0.25, 0.3) is 0 Å². The molecule has 2 fully saturated rings. The van der Waals surface area contributed by atoms with E-state index in [1.54, 1.807) is 4.90 Å². The quantitative estimate of drug-likeness (QED) is 0.841. The van der Waals surface area contributed by atoms with E-state index in [9.17, 15) is 4.79 Å². The number of amides is 1. The molecular formula is C15H28N2O3. The van der Waals surface area contributed by atoms with E-state index in [0.717, 1.165) is 32.7 Å². The summed E-state index contributed by atoms with van der Waals surface area (Å²) in [5.74, 6) is 1.02. The topological polar surface area (TPSA) is 50.8 Å². The Kier molecular flexibility index (Phi) is 4.91. The zero-order chi connectivity index (χ0) is 14.8. The van der Waals surface area contributed by atoms with E-state index in [4.69, 9.17) is 9.47 Å². The molecule has 20 heavy (non-hydrogen) atoms. The fraction of sp³-hybridized carbons (Fsp3) is 0.933. The largest absolute Gasteiger partial charge is 0.444 e. The Bertz CT molecular complexity index is 335. The fourth-order valence-electron chi connectivity index (χ4n) is 3.19. The van der Waals surface area contributed by atoms with Crippen LogP contribution in [0.1, 0.15) is 33.6 Å². The Labute approximate surface area is 122 Å². The van der Waals surface area contributed by atoms with Crippen molar-refractivity contribution in [1.29, 1.82) is 0 Å². The standard InChI is InChI=1S/C15H28N2O3/c1-15(2,3)20-14(18)17(4)13-6-8-19-10-12(13)11-5-7-16-9-11/h11-13,16H,5-10H2,1-4H3/t11?,12-,13?/m1/s1. The van der Waals surface area contributed by atoms with Gasteiger partial charge in [0, 0.05) is 25.6 Å². The molecule has 5 nitrogen and oxygen atoms in total. The van der Waals surface area contributed by atoms with Crippen LogP contribution in [0.4, 0.5) is 4.79 Å². The van der Waals surface area contributed by atoms with E-state index in [1.807, 2.05) is 27.8 Å². The maximum Gasteiger partial charge on any atom is 0.410 e. The number of rotatable bonds is 2. The van der Waals surface area contributed by atoms with Gasteiger partial charge in [0.05, 0.1) is 6.61 Å². The lowest BCUT2D eigenvalue weighted by molar-refractivity contribution is -0.0364. The number of hydrogen-bond donors (Lipinski definition) is 1. The molecular weight excluding hydrogens is 256 g/mol. The Morgan fingerprint density at radius 2 is 2.10 bits per heavy atom. The summed E-state index contributed by atoms with van der Waals surface area (Å²) in [6.45, 7) is 9.30. The molecule has 3 atom stereocenters. The maximum absolute atomic E-state index is 12.3. The molecule has 0 aliphatic carbocycles. The second-order valence-electron chi connectivity index (χ2n) is 6.94. The van der Waals surface area contributed by atoms with Crippen molar-refractivity contribution in [3.05, 3.63) is 0 Å². The molecule has 116 valence electrons. The molecule has 0 radical (unpaired) electrons. The van der Waals surface area contributed by atoms with Gasteiger partial charge in [-0.1, -0.05) is 0 Å². The number of nitrogens with zero attached hydrogens (tertiary/aromatic N) is 1. The molecule has 2 aliphatic heterocycles. The summed E-state index contributed by atoms with van der Waals surface area (Å²) in [6.07, 6.45) is 1.85. The van der Waals surface area contributed by atoms with Crippen molar-refractivity contribution < 1.29 is 14.3 Å². The first kappa shape index (κ1) is 15.6. The van der Waals surface area contributed by atoms with Crippen LogP contribution in [0.15, 0.2) is 0 Å². The van der Waals surface area contributed by atoms with Crippen LogP contribution in [0.25, 0.3) is 0 Å². The predicted octanol–water partition coefficient (Wildman–Crippen LogP) is 1.87. The van der Waals surface area contributed by atoms with Crippen molar-refractivity contribution >= 4 is 6.09 Å². The van der Waals surface area contributed by atoms with Crippen LogP contribution in [0.5, 0.6) is 0 Å². The van der Waals surface area contributed by atoms with Gasteiger partial charge in [0.15, 0.2) is 0 Å². The summed E-state index contributed by atoms with van der Waals surface area (Å²) in [5.41, 5.74) is -0.444. The number of ether oxygens (including phenoxy) is 2. The smallest absolute Gasteiger partial charge is 0.410 e. The second-order valence-corrected chi connectivity index (χ2v) is 6.94. The van der Waals surface area contributed by atoms with E-state index in [-0.39, 0.29) is 12.1 Å². The molecule has 0 spiro atoms. The van der Waals surface area contributed by atoms with Crippen LogP contribution in [0.2, 0.25) is 0 Å². The number of carbonyl (C=O) groups excluding carboxylic acids is 1. The highest BCUT2D eigenvalue weighted by Crippen LogP contribution is 2.30. The van der Waals surface area contributed by atoms with Crippen LogP contribution in [-0.2, 0) is 9.47 Å². The van der Waals surface area contributed by atoms with Crippen LogP contribution < -0.4 is 5.32 Å². The Morgan fingerprint density at radius 3 is 2.70 bits per heavy atom. The Balaban J connectivity index is 2.01. The summed E-state index contributed by atoms with van der Waals surface area (Å²) in [4.78, 5) is 14.1. The van der Waals surface area contributed by atoms with Crippen molar-refractivity contribution in [2.75, 3.05) is 33.4 Å². The molecule has 2 aliphatic rings. The first-order valence-electron chi connectivity index (χ1n) is 7.63. The van der Waals surface area contributed by atoms with Crippen molar-refractivity contribution in [3.8, 4) is 0 Å². The highest BCUT2D eigenvalue weighted by molar-refractivity contribution is 5.68. The predicted molar refractivity (Wildman–Crippen MR) is 77.7 cm³/mol. The third-order valence-corrected chi connectivity index (χ3v) is 4.25. The van der Waals surface area contributed by atoms with Gasteiger partial charge in [-0.15, -0.1) is 0 Å². The molecule has 2 unspecified atom stereocenters. The summed E-state index contributed by atoms with van der Waals surface area (Å²) in [6, 6.07) is 0.225. The molecule has 0 aromatic heterocycles. The van der Waals surface area contributed by atoms with E-state index >= 15 is 0 Å². The average Bonchev–Trinajstić information content (AvgIpc) is 2.89.